The van der Waals surface area contributed by atoms with Crippen LogP contribution in [0.5, 0.6) is 0 Å². The van der Waals surface area contributed by atoms with E-state index in [0.717, 1.165) is 39.3 Å². The lowest BCUT2D eigenvalue weighted by molar-refractivity contribution is 0.128. The maximum atomic E-state index is 11.8. The van der Waals surface area contributed by atoms with Gasteiger partial charge in [-0.3, -0.25) is 9.80 Å². The van der Waals surface area contributed by atoms with Crippen molar-refractivity contribution in [3.05, 3.63) is 35.9 Å². The van der Waals surface area contributed by atoms with Crippen LogP contribution < -0.4 is 10.6 Å². The molecule has 1 aromatic carbocycles. The van der Waals surface area contributed by atoms with E-state index in [1.54, 1.807) is 0 Å². The number of amides is 2. The van der Waals surface area contributed by atoms with E-state index < -0.39 is 0 Å². The predicted octanol–water partition coefficient (Wildman–Crippen LogP) is 1.12. The molecule has 3 N–H and O–H groups in total. The van der Waals surface area contributed by atoms with E-state index in [2.05, 4.69) is 50.8 Å². The molecule has 0 aliphatic carbocycles. The first-order valence-corrected chi connectivity index (χ1v) is 9.22. The zero-order valence-electron chi connectivity index (χ0n) is 15.4. The van der Waals surface area contributed by atoms with Crippen LogP contribution >= 0.6 is 0 Å². The van der Waals surface area contributed by atoms with E-state index >= 15 is 0 Å². The van der Waals surface area contributed by atoms with Gasteiger partial charge in [-0.05, 0) is 18.4 Å². The highest BCUT2D eigenvalue weighted by atomic mass is 16.3. The summed E-state index contributed by atoms with van der Waals surface area (Å²) < 4.78 is 0. The number of carbonyl (C=O) groups excluding carboxylic acids is 1. The van der Waals surface area contributed by atoms with Crippen LogP contribution in [-0.4, -0.2) is 72.9 Å². The van der Waals surface area contributed by atoms with Crippen LogP contribution in [0.3, 0.4) is 0 Å². The van der Waals surface area contributed by atoms with Gasteiger partial charge in [0.05, 0.1) is 0 Å². The average Bonchev–Trinajstić information content (AvgIpc) is 2.63. The molecular formula is C19H32N4O2. The smallest absolute Gasteiger partial charge is 0.315 e. The maximum absolute atomic E-state index is 11.8. The van der Waals surface area contributed by atoms with E-state index in [1.165, 1.54) is 5.56 Å². The van der Waals surface area contributed by atoms with E-state index in [0.29, 0.717) is 6.54 Å². The van der Waals surface area contributed by atoms with Crippen LogP contribution in [0.2, 0.25) is 0 Å². The Morgan fingerprint density at radius 2 is 1.76 bits per heavy atom. The lowest BCUT2D eigenvalue weighted by Crippen LogP contribution is -2.49. The summed E-state index contributed by atoms with van der Waals surface area (Å²) in [5, 5.41) is 14.9. The van der Waals surface area contributed by atoms with Gasteiger partial charge in [-0.2, -0.15) is 0 Å². The predicted molar refractivity (Wildman–Crippen MR) is 100 cm³/mol. The molecule has 6 nitrogen and oxygen atoms in total. The summed E-state index contributed by atoms with van der Waals surface area (Å²) in [6.45, 7) is 10.6. The Kier molecular flexibility index (Phi) is 8.18. The highest BCUT2D eigenvalue weighted by molar-refractivity contribution is 5.74. The summed E-state index contributed by atoms with van der Waals surface area (Å²) in [6.07, 6.45) is 0. The lowest BCUT2D eigenvalue weighted by Gasteiger charge is -2.34. The van der Waals surface area contributed by atoms with Gasteiger partial charge in [-0.15, -0.1) is 0 Å². The summed E-state index contributed by atoms with van der Waals surface area (Å²) in [5.74, 6) is 0.0587. The molecule has 1 fully saturated rings. The number of hydrogen-bond donors (Lipinski definition) is 3. The number of aliphatic hydroxyl groups is 1. The zero-order chi connectivity index (χ0) is 18.1. The van der Waals surface area contributed by atoms with Crippen LogP contribution in [-0.2, 0) is 6.54 Å². The Labute approximate surface area is 151 Å². The van der Waals surface area contributed by atoms with Gasteiger partial charge in [0.2, 0.25) is 0 Å². The molecular weight excluding hydrogens is 316 g/mol. The molecule has 25 heavy (non-hydrogen) atoms. The molecule has 1 aliphatic rings. The largest absolute Gasteiger partial charge is 0.396 e. The first-order valence-electron chi connectivity index (χ1n) is 9.22. The molecule has 0 radical (unpaired) electrons. The van der Waals surface area contributed by atoms with Gasteiger partial charge in [0.15, 0.2) is 0 Å². The normalized spacial score (nSPS) is 18.5. The van der Waals surface area contributed by atoms with E-state index in [9.17, 15) is 4.79 Å². The molecule has 2 amide bonds. The van der Waals surface area contributed by atoms with Crippen molar-refractivity contribution in [2.45, 2.75) is 26.4 Å². The van der Waals surface area contributed by atoms with Crippen LogP contribution in [0.15, 0.2) is 30.3 Å². The lowest BCUT2D eigenvalue weighted by atomic mass is 10.1. The number of piperazine rings is 1. The van der Waals surface area contributed by atoms with Crippen LogP contribution in [0.1, 0.15) is 19.4 Å². The van der Waals surface area contributed by atoms with Gasteiger partial charge >= 0.3 is 6.03 Å². The van der Waals surface area contributed by atoms with E-state index in [-0.39, 0.29) is 24.6 Å². The number of aliphatic hydroxyl groups excluding tert-OH is 1. The molecule has 2 unspecified atom stereocenters. The molecule has 2 atom stereocenters. The van der Waals surface area contributed by atoms with Gasteiger partial charge in [0.25, 0.3) is 0 Å². The fourth-order valence-electron chi connectivity index (χ4n) is 2.90. The van der Waals surface area contributed by atoms with Crippen molar-refractivity contribution in [2.24, 2.45) is 5.92 Å². The summed E-state index contributed by atoms with van der Waals surface area (Å²) >= 11 is 0. The monoisotopic (exact) mass is 348 g/mol. The average molecular weight is 348 g/mol. The zero-order valence-corrected chi connectivity index (χ0v) is 15.4. The Morgan fingerprint density at radius 1 is 1.12 bits per heavy atom. The quantitative estimate of drug-likeness (QED) is 0.659. The minimum Gasteiger partial charge on any atom is -0.396 e. The number of hydrogen-bond acceptors (Lipinski definition) is 4. The van der Waals surface area contributed by atoms with Crippen LogP contribution in [0, 0.1) is 5.92 Å². The van der Waals surface area contributed by atoms with Crippen molar-refractivity contribution in [3.63, 3.8) is 0 Å². The Hall–Kier alpha value is -1.63. The summed E-state index contributed by atoms with van der Waals surface area (Å²) in [7, 11) is 0. The van der Waals surface area contributed by atoms with Crippen molar-refractivity contribution >= 4 is 6.03 Å². The van der Waals surface area contributed by atoms with Gasteiger partial charge < -0.3 is 15.7 Å². The molecule has 140 valence electrons. The highest BCUT2D eigenvalue weighted by Gasteiger charge is 2.17. The maximum Gasteiger partial charge on any atom is 0.315 e. The number of rotatable bonds is 8. The topological polar surface area (TPSA) is 67.8 Å². The van der Waals surface area contributed by atoms with Gasteiger partial charge in [0.1, 0.15) is 0 Å². The second kappa shape index (κ2) is 10.4. The fraction of sp³-hybridized carbons (Fsp3) is 0.632. The summed E-state index contributed by atoms with van der Waals surface area (Å²) in [6, 6.07) is 10.4. The SMILES string of the molecule is CC(CO)C(C)NC(=O)NCCN1CCN(Cc2ccccc2)CC1. The van der Waals surface area contributed by atoms with Gasteiger partial charge in [0, 0.05) is 58.5 Å². The van der Waals surface area contributed by atoms with Crippen LogP contribution in [0.4, 0.5) is 4.79 Å². The van der Waals surface area contributed by atoms with E-state index in [1.807, 2.05) is 13.8 Å². The number of nitrogens with zero attached hydrogens (tertiary/aromatic N) is 2. The van der Waals surface area contributed by atoms with E-state index in [4.69, 9.17) is 5.11 Å². The fourth-order valence-corrected chi connectivity index (χ4v) is 2.90. The molecule has 6 heteroatoms. The van der Waals surface area contributed by atoms with Crippen molar-refractivity contribution in [1.29, 1.82) is 0 Å². The molecule has 0 spiro atoms. The third-order valence-electron chi connectivity index (χ3n) is 4.93. The van der Waals surface area contributed by atoms with Crippen LogP contribution in [0.25, 0.3) is 0 Å². The Morgan fingerprint density at radius 3 is 2.40 bits per heavy atom. The number of carbonyl (C=O) groups is 1. The minimum absolute atomic E-state index is 0.0356. The number of nitrogens with one attached hydrogen (secondary N) is 2. The van der Waals surface area contributed by atoms with Crippen molar-refractivity contribution in [3.8, 4) is 0 Å². The minimum atomic E-state index is -0.157. The number of urea groups is 1. The molecule has 2 rings (SSSR count). The van der Waals surface area contributed by atoms with Gasteiger partial charge in [-0.25, -0.2) is 4.79 Å². The summed E-state index contributed by atoms with van der Waals surface area (Å²) in [5.41, 5.74) is 1.36. The molecule has 0 bridgehead atoms. The van der Waals surface area contributed by atoms with Crippen molar-refractivity contribution in [2.75, 3.05) is 45.9 Å². The summed E-state index contributed by atoms with van der Waals surface area (Å²) in [4.78, 5) is 16.7. The molecule has 1 saturated heterocycles. The first-order chi connectivity index (χ1) is 12.1. The molecule has 0 aromatic heterocycles. The van der Waals surface area contributed by atoms with Crippen molar-refractivity contribution < 1.29 is 9.90 Å². The second-order valence-corrected chi connectivity index (χ2v) is 6.95. The Balaban J connectivity index is 1.58. The first kappa shape index (κ1) is 19.7. The highest BCUT2D eigenvalue weighted by Crippen LogP contribution is 2.08. The third kappa shape index (κ3) is 7.02. The van der Waals surface area contributed by atoms with Crippen molar-refractivity contribution in [1.82, 2.24) is 20.4 Å². The molecule has 1 aliphatic heterocycles. The Bertz CT molecular complexity index is 503. The second-order valence-electron chi connectivity index (χ2n) is 6.95. The number of benzene rings is 1. The molecule has 1 heterocycles. The standard InChI is InChI=1S/C19H32N4O2/c1-16(15-24)17(2)21-19(25)20-8-9-22-10-12-23(13-11-22)14-18-6-4-3-5-7-18/h3-7,16-17,24H,8-15H2,1-2H3,(H2,20,21,25). The molecule has 1 aromatic rings. The third-order valence-corrected chi connectivity index (χ3v) is 4.93. The van der Waals surface area contributed by atoms with Gasteiger partial charge in [-0.1, -0.05) is 37.3 Å². The molecule has 0 saturated carbocycles.